The molecule has 3 aliphatic rings. The van der Waals surface area contributed by atoms with Crippen LogP contribution in [0.4, 0.5) is 0 Å². The van der Waals surface area contributed by atoms with Gasteiger partial charge in [-0.1, -0.05) is 0 Å². The van der Waals surface area contributed by atoms with E-state index >= 15 is 0 Å². The zero-order valence-electron chi connectivity index (χ0n) is 15.9. The molecule has 142 valence electrons. The highest BCUT2D eigenvalue weighted by atomic mass is 16.5. The fraction of sp³-hybridized carbons (Fsp3) is 0.889. The first-order chi connectivity index (χ1) is 11.9. The molecule has 1 spiro atoms. The van der Waals surface area contributed by atoms with E-state index in [0.29, 0.717) is 6.42 Å². The van der Waals surface area contributed by atoms with E-state index in [1.54, 1.807) is 0 Å². The van der Waals surface area contributed by atoms with Gasteiger partial charge in [0.25, 0.3) is 0 Å². The minimum absolute atomic E-state index is 0.0544. The second kappa shape index (κ2) is 7.50. The quantitative estimate of drug-likeness (QED) is 0.564. The summed E-state index contributed by atoms with van der Waals surface area (Å²) in [5.41, 5.74) is 0.0440. The minimum Gasteiger partial charge on any atom is -0.373 e. The standard InChI is InChI=1S/C18H33N5O2/c1-17(2)13-22(9-10-25-17)8-6-20-16(19-3)23-7-4-5-18(14-23)11-15(24)21-12-18/h4-14H2,1-3H3,(H,19,20)(H,21,24). The number of hydrogen-bond acceptors (Lipinski definition) is 4. The molecule has 2 N–H and O–H groups in total. The average Bonchev–Trinajstić information content (AvgIpc) is 2.91. The topological polar surface area (TPSA) is 69.2 Å². The Morgan fingerprint density at radius 3 is 2.88 bits per heavy atom. The number of rotatable bonds is 3. The van der Waals surface area contributed by atoms with E-state index in [2.05, 4.69) is 39.3 Å². The number of morpholine rings is 1. The minimum atomic E-state index is -0.0544. The Morgan fingerprint density at radius 1 is 1.36 bits per heavy atom. The molecule has 3 heterocycles. The molecular weight excluding hydrogens is 318 g/mol. The predicted octanol–water partition coefficient (Wildman–Crippen LogP) is 0.275. The molecule has 3 fully saturated rings. The summed E-state index contributed by atoms with van der Waals surface area (Å²) in [6.45, 7) is 11.7. The highest BCUT2D eigenvalue weighted by Crippen LogP contribution is 2.35. The molecule has 1 unspecified atom stereocenters. The lowest BCUT2D eigenvalue weighted by Crippen LogP contribution is -2.53. The number of guanidine groups is 1. The van der Waals surface area contributed by atoms with Crippen LogP contribution in [0, 0.1) is 5.41 Å². The Morgan fingerprint density at radius 2 is 2.20 bits per heavy atom. The van der Waals surface area contributed by atoms with Crippen LogP contribution in [-0.4, -0.2) is 86.7 Å². The van der Waals surface area contributed by atoms with Crippen molar-refractivity contribution in [3.8, 4) is 0 Å². The summed E-state index contributed by atoms with van der Waals surface area (Å²) in [6, 6.07) is 0. The first kappa shape index (κ1) is 18.5. The predicted molar refractivity (Wildman–Crippen MR) is 98.7 cm³/mol. The summed E-state index contributed by atoms with van der Waals surface area (Å²) < 4.78 is 5.77. The normalized spacial score (nSPS) is 30.6. The number of nitrogens with zero attached hydrogens (tertiary/aromatic N) is 3. The van der Waals surface area contributed by atoms with Gasteiger partial charge in [0.15, 0.2) is 5.96 Å². The monoisotopic (exact) mass is 351 g/mol. The molecule has 7 nitrogen and oxygen atoms in total. The van der Waals surface area contributed by atoms with Crippen molar-refractivity contribution in [1.82, 2.24) is 20.4 Å². The highest BCUT2D eigenvalue weighted by molar-refractivity contribution is 5.81. The first-order valence-corrected chi connectivity index (χ1v) is 9.50. The lowest BCUT2D eigenvalue weighted by atomic mass is 9.79. The number of aliphatic imine (C=N–C) groups is 1. The molecular formula is C18H33N5O2. The molecule has 0 aromatic heterocycles. The van der Waals surface area contributed by atoms with E-state index in [4.69, 9.17) is 4.74 Å². The van der Waals surface area contributed by atoms with Crippen molar-refractivity contribution in [2.75, 3.05) is 59.5 Å². The van der Waals surface area contributed by atoms with Crippen molar-refractivity contribution in [3.63, 3.8) is 0 Å². The molecule has 25 heavy (non-hydrogen) atoms. The molecule has 0 bridgehead atoms. The molecule has 0 aromatic rings. The van der Waals surface area contributed by atoms with Crippen molar-refractivity contribution in [3.05, 3.63) is 0 Å². The fourth-order valence-electron chi connectivity index (χ4n) is 4.39. The summed E-state index contributed by atoms with van der Waals surface area (Å²) in [5.74, 6) is 1.16. The zero-order chi connectivity index (χ0) is 17.9. The van der Waals surface area contributed by atoms with Crippen molar-refractivity contribution >= 4 is 11.9 Å². The number of ether oxygens (including phenoxy) is 1. The van der Waals surface area contributed by atoms with Gasteiger partial charge in [0.2, 0.25) is 5.91 Å². The van der Waals surface area contributed by atoms with Gasteiger partial charge < -0.3 is 20.3 Å². The molecule has 3 aliphatic heterocycles. The van der Waals surface area contributed by atoms with Crippen molar-refractivity contribution in [2.45, 2.75) is 38.7 Å². The molecule has 1 amide bonds. The van der Waals surface area contributed by atoms with Crippen LogP contribution in [-0.2, 0) is 9.53 Å². The van der Waals surface area contributed by atoms with E-state index < -0.39 is 0 Å². The maximum atomic E-state index is 11.7. The fourth-order valence-corrected chi connectivity index (χ4v) is 4.39. The molecule has 1 atom stereocenters. The van der Waals surface area contributed by atoms with E-state index in [9.17, 15) is 4.79 Å². The summed E-state index contributed by atoms with van der Waals surface area (Å²) in [5, 5.41) is 6.53. The van der Waals surface area contributed by atoms with Crippen LogP contribution in [0.25, 0.3) is 0 Å². The summed E-state index contributed by atoms with van der Waals surface area (Å²) >= 11 is 0. The maximum Gasteiger partial charge on any atom is 0.220 e. The second-order valence-corrected chi connectivity index (χ2v) is 8.34. The largest absolute Gasteiger partial charge is 0.373 e. The molecule has 7 heteroatoms. The number of carbonyl (C=O) groups excluding carboxylic acids is 1. The Bertz CT molecular complexity index is 522. The Hall–Kier alpha value is -1.34. The van der Waals surface area contributed by atoms with E-state index in [0.717, 1.165) is 71.2 Å². The Labute approximate surface area is 151 Å². The van der Waals surface area contributed by atoms with Gasteiger partial charge in [0, 0.05) is 64.7 Å². The van der Waals surface area contributed by atoms with Crippen molar-refractivity contribution in [1.29, 1.82) is 0 Å². The zero-order valence-corrected chi connectivity index (χ0v) is 15.9. The molecule has 0 saturated carbocycles. The maximum absolute atomic E-state index is 11.7. The van der Waals surface area contributed by atoms with Crippen LogP contribution < -0.4 is 10.6 Å². The highest BCUT2D eigenvalue weighted by Gasteiger charge is 2.42. The first-order valence-electron chi connectivity index (χ1n) is 9.50. The van der Waals surface area contributed by atoms with Crippen LogP contribution in [0.3, 0.4) is 0 Å². The van der Waals surface area contributed by atoms with Gasteiger partial charge in [0.1, 0.15) is 0 Å². The second-order valence-electron chi connectivity index (χ2n) is 8.34. The molecule has 3 rings (SSSR count). The molecule has 0 aliphatic carbocycles. The van der Waals surface area contributed by atoms with Gasteiger partial charge >= 0.3 is 0 Å². The van der Waals surface area contributed by atoms with Crippen LogP contribution in [0.1, 0.15) is 33.1 Å². The van der Waals surface area contributed by atoms with Gasteiger partial charge in [-0.05, 0) is 26.7 Å². The van der Waals surface area contributed by atoms with Crippen LogP contribution >= 0.6 is 0 Å². The smallest absolute Gasteiger partial charge is 0.220 e. The third-order valence-electron chi connectivity index (χ3n) is 5.58. The number of carbonyl (C=O) groups is 1. The summed E-state index contributed by atoms with van der Waals surface area (Å²) in [6.07, 6.45) is 2.90. The van der Waals surface area contributed by atoms with E-state index in [1.165, 1.54) is 0 Å². The third kappa shape index (κ3) is 4.64. The van der Waals surface area contributed by atoms with Crippen LogP contribution in [0.5, 0.6) is 0 Å². The van der Waals surface area contributed by atoms with Gasteiger partial charge in [-0.15, -0.1) is 0 Å². The third-order valence-corrected chi connectivity index (χ3v) is 5.58. The SMILES string of the molecule is CN=C(NCCN1CCOC(C)(C)C1)N1CCCC2(CNC(=O)C2)C1. The number of nitrogens with one attached hydrogen (secondary N) is 2. The lowest BCUT2D eigenvalue weighted by molar-refractivity contribution is -0.119. The number of hydrogen-bond donors (Lipinski definition) is 2. The summed E-state index contributed by atoms with van der Waals surface area (Å²) in [7, 11) is 1.85. The molecule has 3 saturated heterocycles. The van der Waals surface area contributed by atoms with Crippen LogP contribution in [0.15, 0.2) is 4.99 Å². The van der Waals surface area contributed by atoms with Crippen molar-refractivity contribution < 1.29 is 9.53 Å². The Balaban J connectivity index is 1.48. The van der Waals surface area contributed by atoms with Crippen molar-refractivity contribution in [2.24, 2.45) is 10.4 Å². The number of piperidine rings is 1. The average molecular weight is 351 g/mol. The van der Waals surface area contributed by atoms with Gasteiger partial charge in [0.05, 0.1) is 12.2 Å². The lowest BCUT2D eigenvalue weighted by Gasteiger charge is -2.41. The number of amides is 1. The number of likely N-dealkylation sites (tertiary alicyclic amines) is 1. The van der Waals surface area contributed by atoms with Gasteiger partial charge in [-0.2, -0.15) is 0 Å². The van der Waals surface area contributed by atoms with E-state index in [1.807, 2.05) is 7.05 Å². The van der Waals surface area contributed by atoms with Gasteiger partial charge in [-0.25, -0.2) is 0 Å². The van der Waals surface area contributed by atoms with Gasteiger partial charge in [-0.3, -0.25) is 14.7 Å². The summed E-state index contributed by atoms with van der Waals surface area (Å²) in [4.78, 5) is 20.9. The van der Waals surface area contributed by atoms with E-state index in [-0.39, 0.29) is 16.9 Å². The van der Waals surface area contributed by atoms with Crippen LogP contribution in [0.2, 0.25) is 0 Å². The molecule has 0 aromatic carbocycles. The Kier molecular flexibility index (Phi) is 5.53. The molecule has 0 radical (unpaired) electrons.